The van der Waals surface area contributed by atoms with Crippen LogP contribution in [0.4, 0.5) is 0 Å². The van der Waals surface area contributed by atoms with Gasteiger partial charge in [0.05, 0.1) is 19.4 Å². The number of aromatic nitrogens is 2. The fraction of sp³-hybridized carbons (Fsp3) is 0.667. The highest BCUT2D eigenvalue weighted by Crippen LogP contribution is 2.23. The predicted molar refractivity (Wildman–Crippen MR) is 94.2 cm³/mol. The molecule has 3 heterocycles. The molecule has 25 heavy (non-hydrogen) atoms. The number of hydrogen-bond donors (Lipinski definition) is 0. The van der Waals surface area contributed by atoms with E-state index >= 15 is 0 Å². The molecular weight excluding hydrogens is 320 g/mol. The molecule has 0 saturated carbocycles. The lowest BCUT2D eigenvalue weighted by Gasteiger charge is -2.40. The average molecular weight is 348 g/mol. The minimum atomic E-state index is 0.458. The zero-order chi connectivity index (χ0) is 17.6. The maximum Gasteiger partial charge on any atom is 0.283 e. The molecule has 7 heteroatoms. The van der Waals surface area contributed by atoms with Gasteiger partial charge in [-0.3, -0.25) is 9.80 Å². The van der Waals surface area contributed by atoms with E-state index < -0.39 is 0 Å². The van der Waals surface area contributed by atoms with Crippen molar-refractivity contribution in [3.05, 3.63) is 23.8 Å². The second-order valence-corrected chi connectivity index (χ2v) is 6.46. The normalized spacial score (nSPS) is 19.6. The van der Waals surface area contributed by atoms with Crippen molar-refractivity contribution in [3.8, 4) is 11.7 Å². The summed E-state index contributed by atoms with van der Waals surface area (Å²) in [4.78, 5) is 4.91. The molecule has 0 aromatic carbocycles. The van der Waals surface area contributed by atoms with E-state index in [1.54, 1.807) is 6.26 Å². The smallest absolute Gasteiger partial charge is 0.283 e. The Morgan fingerprint density at radius 3 is 2.88 bits per heavy atom. The summed E-state index contributed by atoms with van der Waals surface area (Å²) in [5.74, 6) is 1.76. The van der Waals surface area contributed by atoms with Gasteiger partial charge in [0, 0.05) is 44.4 Å². The Balaban J connectivity index is 1.56. The Morgan fingerprint density at radius 2 is 2.16 bits per heavy atom. The summed E-state index contributed by atoms with van der Waals surface area (Å²) < 4.78 is 16.7. The number of piperazine rings is 1. The van der Waals surface area contributed by atoms with E-state index in [1.807, 2.05) is 19.9 Å². The van der Waals surface area contributed by atoms with Crippen molar-refractivity contribution in [2.75, 3.05) is 39.4 Å². The molecule has 138 valence electrons. The van der Waals surface area contributed by atoms with Gasteiger partial charge in [0.2, 0.25) is 5.89 Å². The van der Waals surface area contributed by atoms with E-state index in [4.69, 9.17) is 13.6 Å². The maximum absolute atomic E-state index is 5.80. The summed E-state index contributed by atoms with van der Waals surface area (Å²) in [7, 11) is 0. The van der Waals surface area contributed by atoms with Crippen LogP contribution in [-0.4, -0.2) is 65.4 Å². The molecule has 0 bridgehead atoms. The van der Waals surface area contributed by atoms with Crippen LogP contribution in [0.25, 0.3) is 11.7 Å². The summed E-state index contributed by atoms with van der Waals surface area (Å²) >= 11 is 0. The third-order valence-electron chi connectivity index (χ3n) is 4.77. The Morgan fingerprint density at radius 1 is 1.28 bits per heavy atom. The van der Waals surface area contributed by atoms with Gasteiger partial charge in [0.1, 0.15) is 0 Å². The maximum atomic E-state index is 5.80. The first-order valence-corrected chi connectivity index (χ1v) is 9.12. The number of hydrogen-bond acceptors (Lipinski definition) is 7. The van der Waals surface area contributed by atoms with Gasteiger partial charge in [-0.1, -0.05) is 6.92 Å². The molecule has 1 saturated heterocycles. The van der Waals surface area contributed by atoms with Crippen LogP contribution in [0.2, 0.25) is 0 Å². The van der Waals surface area contributed by atoms with Gasteiger partial charge in [-0.15, -0.1) is 10.2 Å². The molecule has 0 N–H and O–H groups in total. The van der Waals surface area contributed by atoms with Gasteiger partial charge in [-0.25, -0.2) is 0 Å². The third-order valence-corrected chi connectivity index (χ3v) is 4.77. The minimum Gasteiger partial charge on any atom is -0.459 e. The SMILES string of the molecule is CCOCCN1CCN(Cc2nnc(-c3occc3C)o2)C[C@H]1CC. The third kappa shape index (κ3) is 4.48. The monoisotopic (exact) mass is 348 g/mol. The molecule has 3 rings (SSSR count). The second kappa shape index (κ2) is 8.60. The predicted octanol–water partition coefficient (Wildman–Crippen LogP) is 2.57. The first-order chi connectivity index (χ1) is 12.2. The van der Waals surface area contributed by atoms with Gasteiger partial charge < -0.3 is 13.6 Å². The van der Waals surface area contributed by atoms with Crippen LogP contribution in [0.1, 0.15) is 31.7 Å². The first kappa shape index (κ1) is 18.1. The Bertz CT molecular complexity index is 654. The molecule has 0 unspecified atom stereocenters. The van der Waals surface area contributed by atoms with Crippen molar-refractivity contribution in [2.45, 2.75) is 39.8 Å². The summed E-state index contributed by atoms with van der Waals surface area (Å²) in [5.41, 5.74) is 1.00. The summed E-state index contributed by atoms with van der Waals surface area (Å²) in [6.45, 7) is 12.6. The zero-order valence-electron chi connectivity index (χ0n) is 15.4. The fourth-order valence-electron chi connectivity index (χ4n) is 3.30. The van der Waals surface area contributed by atoms with Crippen molar-refractivity contribution in [2.24, 2.45) is 0 Å². The van der Waals surface area contributed by atoms with Crippen LogP contribution in [0.5, 0.6) is 0 Å². The van der Waals surface area contributed by atoms with Crippen LogP contribution < -0.4 is 0 Å². The first-order valence-electron chi connectivity index (χ1n) is 9.12. The lowest BCUT2D eigenvalue weighted by molar-refractivity contribution is 0.0357. The molecule has 1 fully saturated rings. The van der Waals surface area contributed by atoms with Crippen molar-refractivity contribution >= 4 is 0 Å². The van der Waals surface area contributed by atoms with Gasteiger partial charge in [0.25, 0.3) is 5.89 Å². The molecule has 2 aromatic rings. The lowest BCUT2D eigenvalue weighted by Crippen LogP contribution is -2.53. The van der Waals surface area contributed by atoms with Gasteiger partial charge in [-0.2, -0.15) is 0 Å². The lowest BCUT2D eigenvalue weighted by atomic mass is 10.1. The molecule has 1 atom stereocenters. The van der Waals surface area contributed by atoms with E-state index in [0.717, 1.165) is 51.4 Å². The molecule has 0 spiro atoms. The van der Waals surface area contributed by atoms with Crippen LogP contribution >= 0.6 is 0 Å². The highest BCUT2D eigenvalue weighted by molar-refractivity contribution is 5.49. The van der Waals surface area contributed by atoms with E-state index in [9.17, 15) is 0 Å². The topological polar surface area (TPSA) is 67.8 Å². The molecule has 0 amide bonds. The summed E-state index contributed by atoms with van der Waals surface area (Å²) in [6, 6.07) is 2.44. The van der Waals surface area contributed by atoms with Crippen molar-refractivity contribution in [1.82, 2.24) is 20.0 Å². The Hall–Kier alpha value is -1.70. The van der Waals surface area contributed by atoms with E-state index in [2.05, 4.69) is 26.9 Å². The number of rotatable bonds is 8. The molecule has 0 aliphatic carbocycles. The quantitative estimate of drug-likeness (QED) is 0.679. The molecule has 7 nitrogen and oxygen atoms in total. The van der Waals surface area contributed by atoms with Crippen molar-refractivity contribution in [1.29, 1.82) is 0 Å². The molecule has 1 aliphatic heterocycles. The highest BCUT2D eigenvalue weighted by atomic mass is 16.5. The van der Waals surface area contributed by atoms with Crippen LogP contribution in [0, 0.1) is 6.92 Å². The van der Waals surface area contributed by atoms with Gasteiger partial charge >= 0.3 is 0 Å². The summed E-state index contributed by atoms with van der Waals surface area (Å²) in [5, 5.41) is 8.31. The summed E-state index contributed by atoms with van der Waals surface area (Å²) in [6.07, 6.45) is 2.77. The van der Waals surface area contributed by atoms with Crippen molar-refractivity contribution < 1.29 is 13.6 Å². The minimum absolute atomic E-state index is 0.458. The number of nitrogens with zero attached hydrogens (tertiary/aromatic N) is 4. The average Bonchev–Trinajstić information content (AvgIpc) is 3.24. The standard InChI is InChI=1S/C18H28N4O3/c1-4-15-12-21(7-8-22(15)9-11-23-5-2)13-16-19-20-18(25-16)17-14(3)6-10-24-17/h6,10,15H,4-5,7-9,11-13H2,1-3H3/t15-/m1/s1. The van der Waals surface area contributed by atoms with E-state index in [-0.39, 0.29) is 0 Å². The van der Waals surface area contributed by atoms with E-state index in [1.165, 1.54) is 0 Å². The van der Waals surface area contributed by atoms with Crippen LogP contribution in [0.3, 0.4) is 0 Å². The Kier molecular flexibility index (Phi) is 6.23. The van der Waals surface area contributed by atoms with Crippen LogP contribution in [-0.2, 0) is 11.3 Å². The number of aryl methyl sites for hydroxylation is 1. The molecule has 1 aliphatic rings. The molecular formula is C18H28N4O3. The molecule has 0 radical (unpaired) electrons. The van der Waals surface area contributed by atoms with Gasteiger partial charge in [-0.05, 0) is 26.3 Å². The van der Waals surface area contributed by atoms with Gasteiger partial charge in [0.15, 0.2) is 5.76 Å². The Labute approximate surface area is 148 Å². The van der Waals surface area contributed by atoms with Crippen molar-refractivity contribution in [3.63, 3.8) is 0 Å². The molecule has 2 aromatic heterocycles. The zero-order valence-corrected chi connectivity index (χ0v) is 15.4. The number of furan rings is 1. The highest BCUT2D eigenvalue weighted by Gasteiger charge is 2.26. The van der Waals surface area contributed by atoms with Crippen LogP contribution in [0.15, 0.2) is 21.2 Å². The van der Waals surface area contributed by atoms with E-state index in [0.29, 0.717) is 30.1 Å². The largest absolute Gasteiger partial charge is 0.459 e. The fourth-order valence-corrected chi connectivity index (χ4v) is 3.30. The number of ether oxygens (including phenoxy) is 1. The second-order valence-electron chi connectivity index (χ2n) is 6.46.